The maximum Gasteiger partial charge on any atom is 0.325 e. The highest BCUT2D eigenvalue weighted by molar-refractivity contribution is 9.10. The number of nitrogens with one attached hydrogen (secondary N) is 1. The maximum absolute atomic E-state index is 11.7. The second-order valence-electron chi connectivity index (χ2n) is 3.49. The molecular weight excluding hydrogens is 308 g/mol. The molecule has 0 fully saturated rings. The molecule has 1 aromatic rings. The summed E-state index contributed by atoms with van der Waals surface area (Å²) in [6.45, 7) is 1.30. The fourth-order valence-corrected chi connectivity index (χ4v) is 1.63. The molecule has 0 aromatic heterocycles. The molecule has 0 aliphatic carbocycles. The molecule has 0 saturated carbocycles. The number of carboxylic acid groups (broad SMARTS) is 1. The Morgan fingerprint density at radius 1 is 1.44 bits per heavy atom. The minimum absolute atomic E-state index is 0.0178. The van der Waals surface area contributed by atoms with Crippen molar-refractivity contribution in [3.05, 3.63) is 38.3 Å². The van der Waals surface area contributed by atoms with Crippen molar-refractivity contribution < 1.29 is 19.6 Å². The van der Waals surface area contributed by atoms with Gasteiger partial charge >= 0.3 is 5.97 Å². The molecule has 0 aliphatic heterocycles. The molecular formula is C10H9BrN2O5. The Bertz CT molecular complexity index is 517. The average Bonchev–Trinajstić information content (AvgIpc) is 2.27. The molecule has 0 unspecified atom stereocenters. The third kappa shape index (κ3) is 3.52. The first-order chi connectivity index (χ1) is 8.31. The van der Waals surface area contributed by atoms with E-state index in [0.717, 1.165) is 6.07 Å². The van der Waals surface area contributed by atoms with Crippen LogP contribution in [0.25, 0.3) is 0 Å². The number of nitrogens with zero attached hydrogens (tertiary/aromatic N) is 1. The zero-order valence-corrected chi connectivity index (χ0v) is 10.8. The third-order valence-electron chi connectivity index (χ3n) is 2.07. The van der Waals surface area contributed by atoms with Gasteiger partial charge in [0, 0.05) is 22.2 Å². The van der Waals surface area contributed by atoms with Gasteiger partial charge in [-0.15, -0.1) is 0 Å². The van der Waals surface area contributed by atoms with E-state index in [9.17, 15) is 19.7 Å². The second kappa shape index (κ2) is 5.58. The first kappa shape index (κ1) is 14.1. The van der Waals surface area contributed by atoms with Gasteiger partial charge in [-0.3, -0.25) is 19.7 Å². The van der Waals surface area contributed by atoms with E-state index < -0.39 is 22.8 Å². The third-order valence-corrected chi connectivity index (χ3v) is 2.53. The van der Waals surface area contributed by atoms with E-state index in [4.69, 9.17) is 5.11 Å². The largest absolute Gasteiger partial charge is 0.480 e. The molecule has 0 aliphatic rings. The van der Waals surface area contributed by atoms with E-state index in [-0.39, 0.29) is 11.3 Å². The smallest absolute Gasteiger partial charge is 0.325 e. The van der Waals surface area contributed by atoms with Crippen LogP contribution in [0.15, 0.2) is 22.7 Å². The van der Waals surface area contributed by atoms with Crippen LogP contribution in [0.1, 0.15) is 17.3 Å². The first-order valence-corrected chi connectivity index (χ1v) is 5.59. The summed E-state index contributed by atoms with van der Waals surface area (Å²) in [5.74, 6) is -1.87. The first-order valence-electron chi connectivity index (χ1n) is 4.80. The molecule has 1 atom stereocenters. The lowest BCUT2D eigenvalue weighted by molar-refractivity contribution is -0.385. The van der Waals surface area contributed by atoms with Crippen molar-refractivity contribution >= 4 is 33.5 Å². The summed E-state index contributed by atoms with van der Waals surface area (Å²) in [4.78, 5) is 32.2. The molecule has 0 spiro atoms. The van der Waals surface area contributed by atoms with E-state index in [1.54, 1.807) is 0 Å². The van der Waals surface area contributed by atoms with Crippen LogP contribution in [0.4, 0.5) is 5.69 Å². The number of non-ortho nitro benzene ring substituents is 1. The number of carbonyl (C=O) groups excluding carboxylic acids is 1. The molecule has 0 radical (unpaired) electrons. The maximum atomic E-state index is 11.7. The van der Waals surface area contributed by atoms with Crippen LogP contribution in [0, 0.1) is 10.1 Å². The molecule has 96 valence electrons. The molecule has 7 nitrogen and oxygen atoms in total. The summed E-state index contributed by atoms with van der Waals surface area (Å²) >= 11 is 3.04. The van der Waals surface area contributed by atoms with Gasteiger partial charge in [0.05, 0.1) is 4.92 Å². The Kier molecular flexibility index (Phi) is 4.38. The molecule has 0 heterocycles. The minimum Gasteiger partial charge on any atom is -0.480 e. The van der Waals surface area contributed by atoms with E-state index in [1.165, 1.54) is 19.1 Å². The van der Waals surface area contributed by atoms with Gasteiger partial charge in [-0.2, -0.15) is 0 Å². The number of nitro groups is 1. The topological polar surface area (TPSA) is 110 Å². The molecule has 8 heteroatoms. The molecule has 1 amide bonds. The number of carbonyl (C=O) groups is 2. The van der Waals surface area contributed by atoms with Crippen molar-refractivity contribution in [1.82, 2.24) is 5.32 Å². The number of hydrogen-bond acceptors (Lipinski definition) is 4. The van der Waals surface area contributed by atoms with Crippen LogP contribution in [-0.2, 0) is 4.79 Å². The van der Waals surface area contributed by atoms with Gasteiger partial charge < -0.3 is 10.4 Å². The van der Waals surface area contributed by atoms with Crippen molar-refractivity contribution in [2.75, 3.05) is 0 Å². The summed E-state index contributed by atoms with van der Waals surface area (Å²) in [7, 11) is 0. The van der Waals surface area contributed by atoms with E-state index in [1.807, 2.05) is 0 Å². The van der Waals surface area contributed by atoms with Crippen molar-refractivity contribution in [1.29, 1.82) is 0 Å². The monoisotopic (exact) mass is 316 g/mol. The summed E-state index contributed by atoms with van der Waals surface area (Å²) in [5.41, 5.74) is -0.235. The Labute approximate surface area is 110 Å². The fourth-order valence-electron chi connectivity index (χ4n) is 1.15. The van der Waals surface area contributed by atoms with Gasteiger partial charge in [-0.05, 0) is 13.0 Å². The Morgan fingerprint density at radius 2 is 2.06 bits per heavy atom. The number of halogens is 1. The number of nitro benzene ring substituents is 1. The van der Waals surface area contributed by atoms with E-state index in [0.29, 0.717) is 4.47 Å². The number of benzene rings is 1. The van der Waals surface area contributed by atoms with Crippen molar-refractivity contribution in [2.45, 2.75) is 13.0 Å². The number of hydrogen-bond donors (Lipinski definition) is 2. The quantitative estimate of drug-likeness (QED) is 0.647. The zero-order chi connectivity index (χ0) is 13.9. The molecule has 0 saturated heterocycles. The lowest BCUT2D eigenvalue weighted by Crippen LogP contribution is -2.38. The van der Waals surface area contributed by atoms with Crippen molar-refractivity contribution in [2.24, 2.45) is 0 Å². The SMILES string of the molecule is C[C@H](NC(=O)c1cc(Br)cc([N+](=O)[O-])c1)C(=O)O. The van der Waals surface area contributed by atoms with Crippen molar-refractivity contribution in [3.8, 4) is 0 Å². The normalized spacial score (nSPS) is 11.7. The zero-order valence-electron chi connectivity index (χ0n) is 9.21. The van der Waals surface area contributed by atoms with Gasteiger partial charge in [0.25, 0.3) is 11.6 Å². The summed E-state index contributed by atoms with van der Waals surface area (Å²) in [5, 5.41) is 21.5. The number of carboxylic acids is 1. The highest BCUT2D eigenvalue weighted by atomic mass is 79.9. The lowest BCUT2D eigenvalue weighted by atomic mass is 10.2. The summed E-state index contributed by atoms with van der Waals surface area (Å²) < 4.78 is 0.366. The molecule has 1 rings (SSSR count). The highest BCUT2D eigenvalue weighted by Crippen LogP contribution is 2.21. The Morgan fingerprint density at radius 3 is 2.56 bits per heavy atom. The van der Waals surface area contributed by atoms with Gasteiger partial charge in [0.2, 0.25) is 0 Å². The number of rotatable bonds is 4. The van der Waals surface area contributed by atoms with Gasteiger partial charge in [-0.1, -0.05) is 15.9 Å². The van der Waals surface area contributed by atoms with Crippen molar-refractivity contribution in [3.63, 3.8) is 0 Å². The van der Waals surface area contributed by atoms with Gasteiger partial charge in [0.1, 0.15) is 6.04 Å². The highest BCUT2D eigenvalue weighted by Gasteiger charge is 2.18. The Balaban J connectivity index is 2.99. The van der Waals surface area contributed by atoms with Crippen LogP contribution in [0.2, 0.25) is 0 Å². The molecule has 0 bridgehead atoms. The second-order valence-corrected chi connectivity index (χ2v) is 4.40. The average molecular weight is 317 g/mol. The minimum atomic E-state index is -1.19. The molecule has 2 N–H and O–H groups in total. The predicted molar refractivity (Wildman–Crippen MR) is 65.4 cm³/mol. The lowest BCUT2D eigenvalue weighted by Gasteiger charge is -2.09. The van der Waals surface area contributed by atoms with E-state index in [2.05, 4.69) is 21.2 Å². The fraction of sp³-hybridized carbons (Fsp3) is 0.200. The predicted octanol–water partition coefficient (Wildman–Crippen LogP) is 1.56. The number of aliphatic carboxylic acids is 1. The molecule has 18 heavy (non-hydrogen) atoms. The molecule has 1 aromatic carbocycles. The standard InChI is InChI=1S/C10H9BrN2O5/c1-5(10(15)16)12-9(14)6-2-7(11)4-8(3-6)13(17)18/h2-5H,1H3,(H,12,14)(H,15,16)/t5-/m0/s1. The summed E-state index contributed by atoms with van der Waals surface area (Å²) in [6.07, 6.45) is 0. The summed E-state index contributed by atoms with van der Waals surface area (Å²) in [6, 6.07) is 2.62. The van der Waals surface area contributed by atoms with Gasteiger partial charge in [-0.25, -0.2) is 0 Å². The van der Waals surface area contributed by atoms with Crippen LogP contribution in [-0.4, -0.2) is 27.9 Å². The number of amides is 1. The Hall–Kier alpha value is -1.96. The van der Waals surface area contributed by atoms with Gasteiger partial charge in [0.15, 0.2) is 0 Å². The van der Waals surface area contributed by atoms with E-state index >= 15 is 0 Å². The van der Waals surface area contributed by atoms with Crippen LogP contribution >= 0.6 is 15.9 Å². The van der Waals surface area contributed by atoms with Crippen LogP contribution < -0.4 is 5.32 Å². The van der Waals surface area contributed by atoms with Crippen LogP contribution in [0.3, 0.4) is 0 Å². The van der Waals surface area contributed by atoms with Crippen LogP contribution in [0.5, 0.6) is 0 Å².